The third-order valence-corrected chi connectivity index (χ3v) is 4.11. The van der Waals surface area contributed by atoms with Crippen LogP contribution in [0.15, 0.2) is 73.2 Å². The Bertz CT molecular complexity index is 859. The average Bonchev–Trinajstić information content (AvgIpc) is 3.16. The van der Waals surface area contributed by atoms with Gasteiger partial charge in [0, 0.05) is 30.4 Å². The van der Waals surface area contributed by atoms with E-state index in [1.165, 1.54) is 12.3 Å². The van der Waals surface area contributed by atoms with Gasteiger partial charge in [-0.25, -0.2) is 9.78 Å². The van der Waals surface area contributed by atoms with Crippen molar-refractivity contribution in [1.82, 2.24) is 9.55 Å². The number of aliphatic hydroxyl groups excluding tert-OH is 1. The van der Waals surface area contributed by atoms with Crippen LogP contribution in [0.2, 0.25) is 0 Å². The zero-order valence-electron chi connectivity index (χ0n) is 15.3. The molecule has 2 aromatic heterocycles. The molecule has 140 valence electrons. The Morgan fingerprint density at radius 1 is 1.07 bits per heavy atom. The summed E-state index contributed by atoms with van der Waals surface area (Å²) in [5, 5.41) is 10.4. The largest absolute Gasteiger partial charge is 0.456 e. The summed E-state index contributed by atoms with van der Waals surface area (Å²) in [6, 6.07) is 16.3. The van der Waals surface area contributed by atoms with Gasteiger partial charge < -0.3 is 19.1 Å². The smallest absolute Gasteiger partial charge is 0.342 e. The van der Waals surface area contributed by atoms with E-state index in [1.54, 1.807) is 6.07 Å². The molecular formula is C21H22N2O4. The van der Waals surface area contributed by atoms with Crippen LogP contribution in [-0.4, -0.2) is 26.7 Å². The maximum atomic E-state index is 12.3. The molecule has 1 N–H and O–H groups in total. The van der Waals surface area contributed by atoms with Crippen LogP contribution in [0, 0.1) is 5.41 Å². The summed E-state index contributed by atoms with van der Waals surface area (Å²) in [5.74, 6) is 0.577. The number of aliphatic hydroxyl groups is 1. The maximum absolute atomic E-state index is 12.3. The minimum absolute atomic E-state index is 0.108. The van der Waals surface area contributed by atoms with Gasteiger partial charge in [-0.05, 0) is 30.3 Å². The van der Waals surface area contributed by atoms with E-state index in [2.05, 4.69) is 4.98 Å². The van der Waals surface area contributed by atoms with Crippen LogP contribution in [0.3, 0.4) is 0 Å². The van der Waals surface area contributed by atoms with E-state index in [0.717, 1.165) is 0 Å². The van der Waals surface area contributed by atoms with E-state index in [0.29, 0.717) is 18.0 Å². The second kappa shape index (κ2) is 8.05. The van der Waals surface area contributed by atoms with Crippen LogP contribution in [0.5, 0.6) is 17.4 Å². The van der Waals surface area contributed by atoms with Crippen molar-refractivity contribution in [1.29, 1.82) is 0 Å². The molecular weight excluding hydrogens is 344 g/mol. The van der Waals surface area contributed by atoms with Crippen molar-refractivity contribution in [2.45, 2.75) is 26.5 Å². The van der Waals surface area contributed by atoms with Gasteiger partial charge in [-0.15, -0.1) is 0 Å². The number of carbonyl (C=O) groups is 1. The number of aromatic nitrogens is 2. The lowest BCUT2D eigenvalue weighted by Crippen LogP contribution is -2.41. The molecule has 6 nitrogen and oxygen atoms in total. The number of ether oxygens (including phenoxy) is 2. The fraction of sp³-hybridized carbons (Fsp3) is 0.238. The highest BCUT2D eigenvalue weighted by atomic mass is 16.6. The third-order valence-electron chi connectivity index (χ3n) is 4.11. The molecule has 0 spiro atoms. The molecule has 1 unspecified atom stereocenters. The third kappa shape index (κ3) is 4.95. The average molecular weight is 366 g/mol. The Labute approximate surface area is 158 Å². The van der Waals surface area contributed by atoms with Crippen molar-refractivity contribution >= 4 is 5.97 Å². The summed E-state index contributed by atoms with van der Waals surface area (Å²) in [6.07, 6.45) is 3.94. The molecule has 0 aliphatic carbocycles. The first-order valence-electron chi connectivity index (χ1n) is 8.63. The van der Waals surface area contributed by atoms with E-state index >= 15 is 0 Å². The lowest BCUT2D eigenvalue weighted by Gasteiger charge is -2.29. The van der Waals surface area contributed by atoms with Crippen molar-refractivity contribution in [3.8, 4) is 17.4 Å². The highest BCUT2D eigenvalue weighted by Gasteiger charge is 2.35. The number of benzene rings is 1. The Kier molecular flexibility index (Phi) is 5.57. The lowest BCUT2D eigenvalue weighted by molar-refractivity contribution is -0.151. The molecule has 6 heteroatoms. The van der Waals surface area contributed by atoms with Gasteiger partial charge in [0.2, 0.25) is 5.88 Å². The molecule has 0 aliphatic heterocycles. The topological polar surface area (TPSA) is 73.6 Å². The number of para-hydroxylation sites is 1. The predicted octanol–water partition coefficient (Wildman–Crippen LogP) is 3.67. The predicted molar refractivity (Wildman–Crippen MR) is 101 cm³/mol. The van der Waals surface area contributed by atoms with E-state index in [9.17, 15) is 9.90 Å². The molecule has 1 atom stereocenters. The molecule has 1 aromatic carbocycles. The molecule has 3 rings (SSSR count). The van der Waals surface area contributed by atoms with Gasteiger partial charge in [-0.1, -0.05) is 32.0 Å². The molecule has 2 heterocycles. The molecule has 0 radical (unpaired) electrons. The number of hydrogen-bond acceptors (Lipinski definition) is 5. The number of pyridine rings is 1. The molecule has 3 aromatic rings. The molecule has 27 heavy (non-hydrogen) atoms. The number of carbonyl (C=O) groups excluding carboxylic acids is 1. The summed E-state index contributed by atoms with van der Waals surface area (Å²) >= 11 is 0. The molecule has 0 fully saturated rings. The highest BCUT2D eigenvalue weighted by molar-refractivity contribution is 5.77. The summed E-state index contributed by atoms with van der Waals surface area (Å²) in [7, 11) is 0. The summed E-state index contributed by atoms with van der Waals surface area (Å²) in [5.41, 5.74) is -0.702. The van der Waals surface area contributed by atoms with Crippen LogP contribution in [0.25, 0.3) is 0 Å². The van der Waals surface area contributed by atoms with Gasteiger partial charge in [-0.2, -0.15) is 0 Å². The van der Waals surface area contributed by atoms with Crippen LogP contribution in [0.4, 0.5) is 0 Å². The molecule has 0 bridgehead atoms. The number of nitrogens with zero attached hydrogens (tertiary/aromatic N) is 2. The van der Waals surface area contributed by atoms with Gasteiger partial charge in [-0.3, -0.25) is 0 Å². The highest BCUT2D eigenvalue weighted by Crippen LogP contribution is 2.26. The van der Waals surface area contributed by atoms with Crippen LogP contribution >= 0.6 is 0 Å². The van der Waals surface area contributed by atoms with Crippen molar-refractivity contribution in [2.24, 2.45) is 5.41 Å². The van der Waals surface area contributed by atoms with Crippen molar-refractivity contribution < 1.29 is 19.4 Å². The SMILES string of the molecule is CC(C)(Cn1cccc1)C(O)C(=O)Oc1ccc(Oc2ccccc2)cn1. The van der Waals surface area contributed by atoms with E-state index in [1.807, 2.05) is 73.3 Å². The van der Waals surface area contributed by atoms with Crippen LogP contribution < -0.4 is 9.47 Å². The quantitative estimate of drug-likeness (QED) is 0.646. The van der Waals surface area contributed by atoms with Crippen molar-refractivity contribution in [3.63, 3.8) is 0 Å². The van der Waals surface area contributed by atoms with E-state index < -0.39 is 17.5 Å². The maximum Gasteiger partial charge on any atom is 0.342 e. The number of rotatable bonds is 7. The Morgan fingerprint density at radius 2 is 1.78 bits per heavy atom. The first-order chi connectivity index (χ1) is 12.9. The van der Waals surface area contributed by atoms with Gasteiger partial charge in [0.05, 0.1) is 6.20 Å². The first-order valence-corrected chi connectivity index (χ1v) is 8.63. The van der Waals surface area contributed by atoms with Gasteiger partial charge >= 0.3 is 5.97 Å². The zero-order valence-corrected chi connectivity index (χ0v) is 15.3. The second-order valence-electron chi connectivity index (χ2n) is 6.91. The van der Waals surface area contributed by atoms with Crippen molar-refractivity contribution in [2.75, 3.05) is 0 Å². The monoisotopic (exact) mass is 366 g/mol. The molecule has 0 saturated heterocycles. The minimum atomic E-state index is -1.29. The Balaban J connectivity index is 1.59. The molecule has 0 saturated carbocycles. The summed E-state index contributed by atoms with van der Waals surface area (Å²) in [6.45, 7) is 4.10. The van der Waals surface area contributed by atoms with Gasteiger partial charge in [0.15, 0.2) is 6.10 Å². The zero-order chi connectivity index (χ0) is 19.3. The molecule has 0 aliphatic rings. The number of hydrogen-bond donors (Lipinski definition) is 1. The fourth-order valence-electron chi connectivity index (χ4n) is 2.62. The summed E-state index contributed by atoms with van der Waals surface area (Å²) in [4.78, 5) is 16.4. The normalized spacial score (nSPS) is 12.4. The summed E-state index contributed by atoms with van der Waals surface area (Å²) < 4.78 is 12.8. The van der Waals surface area contributed by atoms with Gasteiger partial charge in [0.25, 0.3) is 0 Å². The van der Waals surface area contributed by atoms with Gasteiger partial charge in [0.1, 0.15) is 11.5 Å². The Morgan fingerprint density at radius 3 is 2.41 bits per heavy atom. The van der Waals surface area contributed by atoms with Crippen LogP contribution in [-0.2, 0) is 11.3 Å². The first kappa shape index (κ1) is 18.7. The Hall–Kier alpha value is -3.12. The van der Waals surface area contributed by atoms with Crippen LogP contribution in [0.1, 0.15) is 13.8 Å². The lowest BCUT2D eigenvalue weighted by atomic mass is 9.86. The standard InChI is InChI=1S/C21H22N2O4/c1-21(2,15-23-12-6-7-13-23)19(24)20(25)27-18-11-10-17(14-22-18)26-16-8-4-3-5-9-16/h3-14,19,24H,15H2,1-2H3. The van der Waals surface area contributed by atoms with E-state index in [-0.39, 0.29) is 5.88 Å². The second-order valence-corrected chi connectivity index (χ2v) is 6.91. The molecule has 0 amide bonds. The minimum Gasteiger partial charge on any atom is -0.456 e. The number of esters is 1. The fourth-order valence-corrected chi connectivity index (χ4v) is 2.62. The van der Waals surface area contributed by atoms with E-state index in [4.69, 9.17) is 9.47 Å². The van der Waals surface area contributed by atoms with Crippen molar-refractivity contribution in [3.05, 3.63) is 73.2 Å².